The second-order valence-electron chi connectivity index (χ2n) is 7.58. The molecule has 11 heteroatoms. The second-order valence-corrected chi connectivity index (χ2v) is 10.8. The van der Waals surface area contributed by atoms with Crippen molar-refractivity contribution in [1.82, 2.24) is 9.97 Å². The van der Waals surface area contributed by atoms with Crippen molar-refractivity contribution in [2.24, 2.45) is 4.36 Å². The number of carbonyl (C=O) groups excluding carboxylic acids is 1. The summed E-state index contributed by atoms with van der Waals surface area (Å²) in [6.45, 7) is 3.03. The van der Waals surface area contributed by atoms with Crippen molar-refractivity contribution in [2.75, 3.05) is 31.4 Å². The van der Waals surface area contributed by atoms with Crippen LogP contribution in [0.5, 0.6) is 5.88 Å². The third-order valence-electron chi connectivity index (χ3n) is 5.03. The van der Waals surface area contributed by atoms with E-state index in [1.807, 2.05) is 17.5 Å². The zero-order valence-electron chi connectivity index (χ0n) is 18.9. The fraction of sp³-hybridized carbons (Fsp3) is 0.348. The number of hydrogen-bond acceptors (Lipinski definition) is 9. The molecule has 1 aliphatic heterocycles. The van der Waals surface area contributed by atoms with Crippen LogP contribution in [0, 0.1) is 0 Å². The molecule has 0 radical (unpaired) electrons. The molecule has 2 unspecified atom stereocenters. The van der Waals surface area contributed by atoms with Gasteiger partial charge in [0.1, 0.15) is 6.61 Å². The van der Waals surface area contributed by atoms with E-state index < -0.39 is 15.8 Å². The lowest BCUT2D eigenvalue weighted by molar-refractivity contribution is 0.0666. The lowest BCUT2D eigenvalue weighted by atomic mass is 10.2. The quantitative estimate of drug-likeness (QED) is 0.452. The molecular weight excluding hydrogens is 476 g/mol. The topological polar surface area (TPSA) is 112 Å². The minimum Gasteiger partial charge on any atom is -0.474 e. The summed E-state index contributed by atoms with van der Waals surface area (Å²) in [4.78, 5) is 22.1. The fourth-order valence-electron chi connectivity index (χ4n) is 3.35. The summed E-state index contributed by atoms with van der Waals surface area (Å²) < 4.78 is 32.9. The Hall–Kier alpha value is -3.02. The third-order valence-corrected chi connectivity index (χ3v) is 7.58. The van der Waals surface area contributed by atoms with Crippen molar-refractivity contribution >= 4 is 38.8 Å². The van der Waals surface area contributed by atoms with Crippen molar-refractivity contribution in [3.8, 4) is 16.3 Å². The van der Waals surface area contributed by atoms with E-state index in [0.29, 0.717) is 29.0 Å². The van der Waals surface area contributed by atoms with Gasteiger partial charge in [0.15, 0.2) is 0 Å². The largest absolute Gasteiger partial charge is 0.474 e. The number of ether oxygens (including phenoxy) is 3. The average Bonchev–Trinajstić information content (AvgIpc) is 3.53. The fourth-order valence-corrected chi connectivity index (χ4v) is 5.16. The zero-order chi connectivity index (χ0) is 24.0. The predicted molar refractivity (Wildman–Crippen MR) is 131 cm³/mol. The molecule has 0 aliphatic carbocycles. The van der Waals surface area contributed by atoms with E-state index in [2.05, 4.69) is 19.6 Å². The van der Waals surface area contributed by atoms with Gasteiger partial charge in [-0.25, -0.2) is 14.0 Å². The number of benzene rings is 1. The number of thiophene rings is 1. The summed E-state index contributed by atoms with van der Waals surface area (Å²) in [5, 5.41) is 5.13. The van der Waals surface area contributed by atoms with Crippen molar-refractivity contribution < 1.29 is 23.2 Å². The van der Waals surface area contributed by atoms with Crippen LogP contribution in [0.4, 0.5) is 16.4 Å². The Morgan fingerprint density at radius 1 is 1.32 bits per heavy atom. The summed E-state index contributed by atoms with van der Waals surface area (Å²) in [7, 11) is -2.91. The number of nitrogens with one attached hydrogen (secondary N) is 1. The zero-order valence-corrected chi connectivity index (χ0v) is 20.6. The minimum absolute atomic E-state index is 0.0685. The van der Waals surface area contributed by atoms with Crippen LogP contribution in [0.1, 0.15) is 19.8 Å². The van der Waals surface area contributed by atoms with Crippen LogP contribution < -0.4 is 10.1 Å². The first-order chi connectivity index (χ1) is 16.4. The Bertz CT molecular complexity index is 1230. The third kappa shape index (κ3) is 6.10. The monoisotopic (exact) mass is 502 g/mol. The molecule has 3 heterocycles. The lowest BCUT2D eigenvalue weighted by Crippen LogP contribution is -2.17. The van der Waals surface area contributed by atoms with E-state index in [0.717, 1.165) is 29.9 Å². The molecule has 2 aromatic heterocycles. The molecule has 0 spiro atoms. The summed E-state index contributed by atoms with van der Waals surface area (Å²) in [6.07, 6.45) is 4.37. The van der Waals surface area contributed by atoms with Crippen LogP contribution in [0.25, 0.3) is 10.4 Å². The lowest BCUT2D eigenvalue weighted by Gasteiger charge is -2.14. The smallest absolute Gasteiger partial charge is 0.442 e. The van der Waals surface area contributed by atoms with Crippen molar-refractivity contribution in [1.29, 1.82) is 0 Å². The molecule has 1 fully saturated rings. The number of carbonyl (C=O) groups is 1. The van der Waals surface area contributed by atoms with Gasteiger partial charge in [0, 0.05) is 34.5 Å². The Balaban J connectivity index is 1.52. The molecule has 34 heavy (non-hydrogen) atoms. The molecule has 180 valence electrons. The van der Waals surface area contributed by atoms with E-state index in [1.165, 1.54) is 6.26 Å². The second kappa shape index (κ2) is 10.9. The minimum atomic E-state index is -2.91. The number of rotatable bonds is 8. The highest BCUT2D eigenvalue weighted by molar-refractivity contribution is 7.93. The normalized spacial score (nSPS) is 17.1. The molecule has 9 nitrogen and oxygen atoms in total. The van der Waals surface area contributed by atoms with E-state index in [9.17, 15) is 9.00 Å². The van der Waals surface area contributed by atoms with Gasteiger partial charge in [-0.15, -0.1) is 15.7 Å². The molecule has 4 rings (SSSR count). The van der Waals surface area contributed by atoms with Gasteiger partial charge in [0.05, 0.1) is 28.0 Å². The Labute approximate surface area is 202 Å². The summed E-state index contributed by atoms with van der Waals surface area (Å²) in [5.74, 6) is 0.848. The van der Waals surface area contributed by atoms with E-state index in [-0.39, 0.29) is 12.7 Å². The highest BCUT2D eigenvalue weighted by atomic mass is 32.2. The van der Waals surface area contributed by atoms with Gasteiger partial charge >= 0.3 is 6.09 Å². The van der Waals surface area contributed by atoms with Crippen LogP contribution in [0.2, 0.25) is 0 Å². The van der Waals surface area contributed by atoms with Gasteiger partial charge in [0.2, 0.25) is 11.8 Å². The summed E-state index contributed by atoms with van der Waals surface area (Å²) >= 11 is 1.59. The van der Waals surface area contributed by atoms with Crippen LogP contribution in [0.15, 0.2) is 57.2 Å². The van der Waals surface area contributed by atoms with Crippen LogP contribution in [-0.4, -0.2) is 52.5 Å². The maximum Gasteiger partial charge on any atom is 0.442 e. The Kier molecular flexibility index (Phi) is 7.76. The van der Waals surface area contributed by atoms with Gasteiger partial charge in [-0.3, -0.25) is 0 Å². The van der Waals surface area contributed by atoms with Gasteiger partial charge in [0.25, 0.3) is 0 Å². The van der Waals surface area contributed by atoms with Crippen LogP contribution >= 0.6 is 11.3 Å². The van der Waals surface area contributed by atoms with Gasteiger partial charge in [-0.2, -0.15) is 4.98 Å². The first kappa shape index (κ1) is 24.1. The Morgan fingerprint density at radius 2 is 2.15 bits per heavy atom. The van der Waals surface area contributed by atoms with Gasteiger partial charge in [-0.05, 0) is 55.5 Å². The molecule has 1 aliphatic rings. The van der Waals surface area contributed by atoms with E-state index >= 15 is 0 Å². The molecule has 1 aromatic carbocycles. The summed E-state index contributed by atoms with van der Waals surface area (Å²) in [6, 6.07) is 10.7. The number of anilines is 2. The van der Waals surface area contributed by atoms with Crippen LogP contribution in [-0.2, 0) is 19.2 Å². The van der Waals surface area contributed by atoms with E-state index in [4.69, 9.17) is 14.2 Å². The Morgan fingerprint density at radius 3 is 2.82 bits per heavy atom. The number of nitrogens with zero attached hydrogens (tertiary/aromatic N) is 3. The molecular formula is C23H26N4O5S2. The maximum atomic E-state index is 12.8. The van der Waals surface area contributed by atoms with Crippen molar-refractivity contribution in [3.05, 3.63) is 48.0 Å². The molecule has 3 aromatic rings. The molecule has 1 amide bonds. The highest BCUT2D eigenvalue weighted by Crippen LogP contribution is 2.33. The molecule has 1 saturated heterocycles. The molecule has 0 bridgehead atoms. The standard InChI is InChI=1S/C23H26N4O5S2/c1-3-30-23(28)27-34(2,29)18-10-8-16(9-11-18)25-22-24-14-19(20-7-5-13-33-20)21(26-22)32-15-17-6-4-12-31-17/h5,7-11,13-14,17H,3-4,6,12,15H2,1-2H3,(H,24,25,26). The van der Waals surface area contributed by atoms with Crippen molar-refractivity contribution in [3.63, 3.8) is 0 Å². The number of aromatic nitrogens is 2. The predicted octanol–water partition coefficient (Wildman–Crippen LogP) is 5.12. The summed E-state index contributed by atoms with van der Waals surface area (Å²) in [5.41, 5.74) is 1.50. The molecule has 1 N–H and O–H groups in total. The molecule has 2 atom stereocenters. The average molecular weight is 503 g/mol. The first-order valence-electron chi connectivity index (χ1n) is 10.9. The SMILES string of the molecule is CCOC(=O)N=S(C)(=O)c1ccc(Nc2ncc(-c3cccs3)c(OCC3CCCO3)n2)cc1. The van der Waals surface area contributed by atoms with Crippen LogP contribution in [0.3, 0.4) is 0 Å². The van der Waals surface area contributed by atoms with E-state index in [1.54, 1.807) is 48.7 Å². The molecule has 0 saturated carbocycles. The first-order valence-corrected chi connectivity index (χ1v) is 13.7. The maximum absolute atomic E-state index is 12.8. The van der Waals surface area contributed by atoms with Gasteiger partial charge in [-0.1, -0.05) is 6.07 Å². The number of hydrogen-bond donors (Lipinski definition) is 1. The number of amides is 1. The van der Waals surface area contributed by atoms with Crippen molar-refractivity contribution in [2.45, 2.75) is 30.8 Å². The van der Waals surface area contributed by atoms with Gasteiger partial charge < -0.3 is 19.5 Å². The highest BCUT2D eigenvalue weighted by Gasteiger charge is 2.19.